The first kappa shape index (κ1) is 21.4. The summed E-state index contributed by atoms with van der Waals surface area (Å²) in [5.74, 6) is 0.312. The molecule has 2 unspecified atom stereocenters. The van der Waals surface area contributed by atoms with Crippen LogP contribution in [0.25, 0.3) is 28.1 Å². The van der Waals surface area contributed by atoms with Gasteiger partial charge in [0.1, 0.15) is 17.6 Å². The normalized spacial score (nSPS) is 20.4. The molecule has 176 valence electrons. The fourth-order valence-electron chi connectivity index (χ4n) is 4.96. The van der Waals surface area contributed by atoms with E-state index in [-0.39, 0.29) is 36.4 Å². The summed E-state index contributed by atoms with van der Waals surface area (Å²) in [6.07, 6.45) is -0.527. The molecule has 10 heteroatoms. The number of halogens is 4. The molecule has 2 aliphatic rings. The largest absolute Gasteiger partial charge is 0.408 e. The summed E-state index contributed by atoms with van der Waals surface area (Å²) in [4.78, 5) is 6.12. The molecule has 1 saturated heterocycles. The van der Waals surface area contributed by atoms with Crippen LogP contribution >= 0.6 is 0 Å². The minimum Gasteiger partial charge on any atom is -0.326 e. The fraction of sp³-hybridized carbons (Fsp3) is 0.375. The van der Waals surface area contributed by atoms with Crippen molar-refractivity contribution in [3.8, 4) is 11.5 Å². The van der Waals surface area contributed by atoms with Gasteiger partial charge in [-0.05, 0) is 60.6 Å². The maximum atomic E-state index is 14.1. The molecule has 0 spiro atoms. The molecule has 0 amide bonds. The van der Waals surface area contributed by atoms with Gasteiger partial charge in [0, 0.05) is 30.7 Å². The maximum absolute atomic E-state index is 14.1. The van der Waals surface area contributed by atoms with Gasteiger partial charge in [0.05, 0.1) is 5.52 Å². The molecule has 6 nitrogen and oxygen atoms in total. The van der Waals surface area contributed by atoms with Crippen molar-refractivity contribution in [2.45, 2.75) is 43.4 Å². The molecule has 4 heterocycles. The molecular formula is C24H22F4N6. The molecule has 1 aliphatic carbocycles. The van der Waals surface area contributed by atoms with Gasteiger partial charge in [-0.25, -0.2) is 9.37 Å². The fourth-order valence-corrected chi connectivity index (χ4v) is 4.96. The van der Waals surface area contributed by atoms with Crippen LogP contribution in [0.3, 0.4) is 0 Å². The summed E-state index contributed by atoms with van der Waals surface area (Å²) in [7, 11) is 0. The molecule has 1 aliphatic heterocycles. The third kappa shape index (κ3) is 3.70. The van der Waals surface area contributed by atoms with Gasteiger partial charge in [0.15, 0.2) is 11.5 Å². The Morgan fingerprint density at radius 3 is 2.56 bits per heavy atom. The molecular weight excluding hydrogens is 448 g/mol. The van der Waals surface area contributed by atoms with Crippen LogP contribution in [0.2, 0.25) is 0 Å². The van der Waals surface area contributed by atoms with Gasteiger partial charge in [-0.3, -0.25) is 9.30 Å². The zero-order valence-electron chi connectivity index (χ0n) is 18.1. The van der Waals surface area contributed by atoms with Crippen LogP contribution in [0.5, 0.6) is 0 Å². The van der Waals surface area contributed by atoms with Crippen LogP contribution < -0.4 is 5.73 Å². The lowest BCUT2D eigenvalue weighted by Gasteiger charge is -2.30. The first-order valence-electron chi connectivity index (χ1n) is 11.3. The smallest absolute Gasteiger partial charge is 0.326 e. The molecule has 2 fully saturated rings. The van der Waals surface area contributed by atoms with Crippen molar-refractivity contribution in [3.05, 3.63) is 59.5 Å². The number of pyridine rings is 2. The van der Waals surface area contributed by atoms with E-state index in [1.807, 2.05) is 0 Å². The standard InChI is InChI=1S/C24H22F4N6/c25-16-9-14-3-5-19(30-21(14)18(10-16)13-1-2-13)23-32-31-20-6-4-15(11-34(20)23)22(24(26,27)28)33-8-7-17(29)12-33/h3-6,9-11,13,17,22H,1-2,7-8,12,29H2. The minimum atomic E-state index is -4.46. The van der Waals surface area contributed by atoms with E-state index >= 15 is 0 Å². The Kier molecular flexibility index (Phi) is 4.86. The van der Waals surface area contributed by atoms with Crippen molar-refractivity contribution in [2.24, 2.45) is 5.73 Å². The molecule has 2 N–H and O–H groups in total. The molecule has 2 atom stereocenters. The monoisotopic (exact) mass is 470 g/mol. The van der Waals surface area contributed by atoms with Gasteiger partial charge < -0.3 is 5.73 Å². The predicted octanol–water partition coefficient (Wildman–Crippen LogP) is 4.60. The van der Waals surface area contributed by atoms with Crippen LogP contribution in [-0.2, 0) is 0 Å². The highest BCUT2D eigenvalue weighted by molar-refractivity contribution is 5.85. The molecule has 4 aromatic rings. The van der Waals surface area contributed by atoms with Crippen LogP contribution in [0.15, 0.2) is 42.6 Å². The summed E-state index contributed by atoms with van der Waals surface area (Å²) in [5, 5.41) is 9.03. The van der Waals surface area contributed by atoms with Crippen molar-refractivity contribution in [1.82, 2.24) is 24.5 Å². The minimum absolute atomic E-state index is 0.0941. The Labute approximate surface area is 192 Å². The number of rotatable bonds is 4. The quantitative estimate of drug-likeness (QED) is 0.442. The van der Waals surface area contributed by atoms with Crippen LogP contribution in [0.4, 0.5) is 17.6 Å². The van der Waals surface area contributed by atoms with E-state index in [0.29, 0.717) is 34.5 Å². The van der Waals surface area contributed by atoms with Crippen molar-refractivity contribution < 1.29 is 17.6 Å². The Bertz CT molecular complexity index is 1390. The second kappa shape index (κ2) is 7.71. The van der Waals surface area contributed by atoms with Crippen molar-refractivity contribution in [1.29, 1.82) is 0 Å². The van der Waals surface area contributed by atoms with Crippen LogP contribution in [0.1, 0.15) is 42.3 Å². The van der Waals surface area contributed by atoms with Crippen molar-refractivity contribution in [3.63, 3.8) is 0 Å². The Balaban J connectivity index is 1.46. The first-order chi connectivity index (χ1) is 16.3. The second-order valence-corrected chi connectivity index (χ2v) is 9.24. The number of alkyl halides is 3. The van der Waals surface area contributed by atoms with Gasteiger partial charge in [-0.15, -0.1) is 10.2 Å². The zero-order valence-corrected chi connectivity index (χ0v) is 18.1. The maximum Gasteiger partial charge on any atom is 0.408 e. The van der Waals surface area contributed by atoms with Crippen LogP contribution in [-0.4, -0.2) is 49.8 Å². The third-order valence-corrected chi connectivity index (χ3v) is 6.71. The van der Waals surface area contributed by atoms with Gasteiger partial charge in [0.25, 0.3) is 0 Å². The number of nitrogens with two attached hydrogens (primary N) is 1. The molecule has 0 radical (unpaired) electrons. The predicted molar refractivity (Wildman–Crippen MR) is 119 cm³/mol. The lowest BCUT2D eigenvalue weighted by atomic mass is 10.0. The number of benzene rings is 1. The summed E-state index contributed by atoms with van der Waals surface area (Å²) in [6, 6.07) is 7.35. The highest BCUT2D eigenvalue weighted by atomic mass is 19.4. The molecule has 6 rings (SSSR count). The lowest BCUT2D eigenvalue weighted by Crippen LogP contribution is -2.38. The van der Waals surface area contributed by atoms with Crippen molar-refractivity contribution in [2.75, 3.05) is 13.1 Å². The van der Waals surface area contributed by atoms with E-state index in [9.17, 15) is 17.6 Å². The number of aromatic nitrogens is 4. The third-order valence-electron chi connectivity index (χ3n) is 6.71. The van der Waals surface area contributed by atoms with Gasteiger partial charge in [-0.1, -0.05) is 12.1 Å². The van der Waals surface area contributed by atoms with E-state index in [2.05, 4.69) is 10.2 Å². The number of likely N-dealkylation sites (tertiary alicyclic amines) is 1. The Morgan fingerprint density at radius 2 is 1.85 bits per heavy atom. The SMILES string of the molecule is NC1CCN(C(c2ccc3nnc(-c4ccc5cc(F)cc(C6CC6)c5n4)n3c2)C(F)(F)F)C1. The Hall–Kier alpha value is -3.11. The average molecular weight is 470 g/mol. The average Bonchev–Trinajstić information content (AvgIpc) is 3.42. The van der Waals surface area contributed by atoms with Gasteiger partial charge in [0.2, 0.25) is 0 Å². The van der Waals surface area contributed by atoms with Gasteiger partial charge >= 0.3 is 6.18 Å². The number of fused-ring (bicyclic) bond motifs is 2. The molecule has 3 aromatic heterocycles. The summed E-state index contributed by atoms with van der Waals surface area (Å²) < 4.78 is 57.9. The van der Waals surface area contributed by atoms with E-state index in [4.69, 9.17) is 10.7 Å². The molecule has 34 heavy (non-hydrogen) atoms. The number of hydrogen-bond acceptors (Lipinski definition) is 5. The highest BCUT2D eigenvalue weighted by Gasteiger charge is 2.46. The highest BCUT2D eigenvalue weighted by Crippen LogP contribution is 2.43. The van der Waals surface area contributed by atoms with E-state index in [1.54, 1.807) is 16.5 Å². The van der Waals surface area contributed by atoms with E-state index in [0.717, 1.165) is 18.4 Å². The van der Waals surface area contributed by atoms with Crippen molar-refractivity contribution >= 4 is 16.6 Å². The topological polar surface area (TPSA) is 72.3 Å². The second-order valence-electron chi connectivity index (χ2n) is 9.24. The first-order valence-corrected chi connectivity index (χ1v) is 11.3. The number of nitrogens with zero attached hydrogens (tertiary/aromatic N) is 5. The number of hydrogen-bond donors (Lipinski definition) is 1. The van der Waals surface area contributed by atoms with E-state index in [1.165, 1.54) is 35.4 Å². The summed E-state index contributed by atoms with van der Waals surface area (Å²) in [6.45, 7) is 0.467. The van der Waals surface area contributed by atoms with Crippen LogP contribution in [0, 0.1) is 5.82 Å². The molecule has 0 bridgehead atoms. The summed E-state index contributed by atoms with van der Waals surface area (Å²) >= 11 is 0. The van der Waals surface area contributed by atoms with Gasteiger partial charge in [-0.2, -0.15) is 13.2 Å². The van der Waals surface area contributed by atoms with E-state index < -0.39 is 12.2 Å². The zero-order chi connectivity index (χ0) is 23.6. The molecule has 1 saturated carbocycles. The molecule has 1 aromatic carbocycles. The Morgan fingerprint density at radius 1 is 1.03 bits per heavy atom. The summed E-state index contributed by atoms with van der Waals surface area (Å²) in [5.41, 5.74) is 8.41. The lowest BCUT2D eigenvalue weighted by molar-refractivity contribution is -0.183.